The van der Waals surface area contributed by atoms with E-state index in [1.807, 2.05) is 38.1 Å². The summed E-state index contributed by atoms with van der Waals surface area (Å²) in [5, 5.41) is 8.51. The summed E-state index contributed by atoms with van der Waals surface area (Å²) in [5.74, 6) is 0. The second-order valence-corrected chi connectivity index (χ2v) is 5.04. The Balaban J connectivity index is 0.000000384. The van der Waals surface area contributed by atoms with Gasteiger partial charge in [0.15, 0.2) is 0 Å². The second-order valence-electron chi connectivity index (χ2n) is 5.04. The van der Waals surface area contributed by atoms with Gasteiger partial charge in [0.2, 0.25) is 0 Å². The van der Waals surface area contributed by atoms with E-state index in [-0.39, 0.29) is 0 Å². The van der Waals surface area contributed by atoms with Gasteiger partial charge in [-0.1, -0.05) is 31.1 Å². The summed E-state index contributed by atoms with van der Waals surface area (Å²) in [7, 11) is 1.60. The molecule has 0 radical (unpaired) electrons. The van der Waals surface area contributed by atoms with E-state index in [0.717, 1.165) is 24.0 Å². The summed E-state index contributed by atoms with van der Waals surface area (Å²) in [4.78, 5) is 3.79. The van der Waals surface area contributed by atoms with Crippen LogP contribution in [0.1, 0.15) is 45.2 Å². The number of alkyl halides is 1. The summed E-state index contributed by atoms with van der Waals surface area (Å²) in [6.07, 6.45) is 3.06. The first kappa shape index (κ1) is 19.1. The number of benzene rings is 1. The van der Waals surface area contributed by atoms with Gasteiger partial charge in [0.05, 0.1) is 17.3 Å². The zero-order chi connectivity index (χ0) is 16.3. The molecule has 0 N–H and O–H groups in total. The minimum absolute atomic E-state index is 0.514. The zero-order valence-electron chi connectivity index (χ0n) is 13.7. The molecule has 1 unspecified atom stereocenters. The summed E-state index contributed by atoms with van der Waals surface area (Å²) in [6, 6.07) is 9.86. The molecule has 0 heterocycles. The van der Waals surface area contributed by atoms with Gasteiger partial charge in [0.25, 0.3) is 0 Å². The number of aryl methyl sites for hydroxylation is 1. The van der Waals surface area contributed by atoms with Gasteiger partial charge >= 0.3 is 0 Å². The second kappa shape index (κ2) is 10.8. The van der Waals surface area contributed by atoms with Crippen LogP contribution in [0.3, 0.4) is 0 Å². The molecule has 1 aromatic rings. The Kier molecular flexibility index (Phi) is 9.79. The highest BCUT2D eigenvalue weighted by atomic mass is 19.1. The van der Waals surface area contributed by atoms with Gasteiger partial charge in [-0.3, -0.25) is 4.99 Å². The van der Waals surface area contributed by atoms with Gasteiger partial charge in [-0.15, -0.1) is 0 Å². The van der Waals surface area contributed by atoms with Crippen molar-refractivity contribution >= 4 is 5.71 Å². The third-order valence-electron chi connectivity index (χ3n) is 2.72. The molecule has 3 heteroatoms. The number of hydrogen-bond acceptors (Lipinski definition) is 2. The summed E-state index contributed by atoms with van der Waals surface area (Å²) >= 11 is 0. The molecule has 0 aromatic heterocycles. The Hall–Kier alpha value is -1.95. The standard InChI is InChI=1S/C10H11N.C8H14FN/c1-2-3-9-4-6-10(8-11)7-5-9;1-6(2)5-8(10-4)7(3)9/h4-7H,2-3H2,1H3;5,7H,1-4H3. The molecular formula is C18H25FN2. The third-order valence-corrected chi connectivity index (χ3v) is 2.72. The van der Waals surface area contributed by atoms with Crippen LogP contribution in [-0.4, -0.2) is 18.9 Å². The van der Waals surface area contributed by atoms with E-state index < -0.39 is 6.17 Å². The smallest absolute Gasteiger partial charge is 0.139 e. The number of aliphatic imine (C=N–C) groups is 1. The van der Waals surface area contributed by atoms with Crippen molar-refractivity contribution < 1.29 is 4.39 Å². The lowest BCUT2D eigenvalue weighted by molar-refractivity contribution is 0.455. The predicted molar refractivity (Wildman–Crippen MR) is 88.5 cm³/mol. The fourth-order valence-electron chi connectivity index (χ4n) is 1.69. The molecular weight excluding hydrogens is 263 g/mol. The van der Waals surface area contributed by atoms with E-state index in [4.69, 9.17) is 5.26 Å². The van der Waals surface area contributed by atoms with Gasteiger partial charge < -0.3 is 0 Å². The molecule has 0 aliphatic rings. The first-order chi connectivity index (χ1) is 9.94. The molecule has 1 rings (SSSR count). The average Bonchev–Trinajstić information content (AvgIpc) is 2.46. The molecule has 0 fully saturated rings. The highest BCUT2D eigenvalue weighted by molar-refractivity contribution is 5.98. The first-order valence-corrected chi connectivity index (χ1v) is 7.19. The lowest BCUT2D eigenvalue weighted by Crippen LogP contribution is -2.08. The number of hydrogen-bond donors (Lipinski definition) is 0. The number of allylic oxidation sites excluding steroid dienone is 2. The zero-order valence-corrected chi connectivity index (χ0v) is 13.7. The van der Waals surface area contributed by atoms with Crippen LogP contribution in [0.2, 0.25) is 0 Å². The maximum absolute atomic E-state index is 12.6. The maximum atomic E-state index is 12.6. The predicted octanol–water partition coefficient (Wildman–Crippen LogP) is 4.89. The summed E-state index contributed by atoms with van der Waals surface area (Å²) in [6.45, 7) is 7.49. The minimum atomic E-state index is -0.958. The van der Waals surface area contributed by atoms with Crippen LogP contribution in [0, 0.1) is 11.3 Å². The lowest BCUT2D eigenvalue weighted by Gasteiger charge is -2.00. The number of halogens is 1. The van der Waals surface area contributed by atoms with Crippen molar-refractivity contribution in [3.05, 3.63) is 47.0 Å². The van der Waals surface area contributed by atoms with Gasteiger partial charge in [-0.25, -0.2) is 4.39 Å². The fourth-order valence-corrected chi connectivity index (χ4v) is 1.69. The number of nitrogens with zero attached hydrogens (tertiary/aromatic N) is 2. The summed E-state index contributed by atoms with van der Waals surface area (Å²) in [5.41, 5.74) is 3.64. The third kappa shape index (κ3) is 8.75. The quantitative estimate of drug-likeness (QED) is 0.726. The Bertz CT molecular complexity index is 501. The Morgan fingerprint density at radius 1 is 1.33 bits per heavy atom. The topological polar surface area (TPSA) is 36.1 Å². The number of rotatable bonds is 4. The molecule has 114 valence electrons. The van der Waals surface area contributed by atoms with Crippen molar-refractivity contribution in [3.8, 4) is 6.07 Å². The molecule has 0 saturated heterocycles. The monoisotopic (exact) mass is 288 g/mol. The summed E-state index contributed by atoms with van der Waals surface area (Å²) < 4.78 is 12.6. The van der Waals surface area contributed by atoms with Crippen LogP contribution in [-0.2, 0) is 6.42 Å². The van der Waals surface area contributed by atoms with Crippen molar-refractivity contribution in [2.45, 2.75) is 46.7 Å². The van der Waals surface area contributed by atoms with Gasteiger partial charge in [-0.2, -0.15) is 5.26 Å². The van der Waals surface area contributed by atoms with Crippen LogP contribution in [0.5, 0.6) is 0 Å². The molecule has 21 heavy (non-hydrogen) atoms. The van der Waals surface area contributed by atoms with E-state index in [1.54, 1.807) is 13.1 Å². The fraction of sp³-hybridized carbons (Fsp3) is 0.444. The van der Waals surface area contributed by atoms with Crippen LogP contribution < -0.4 is 0 Å². The average molecular weight is 288 g/mol. The van der Waals surface area contributed by atoms with Crippen molar-refractivity contribution in [2.75, 3.05) is 7.05 Å². The van der Waals surface area contributed by atoms with Crippen molar-refractivity contribution in [3.63, 3.8) is 0 Å². The lowest BCUT2D eigenvalue weighted by atomic mass is 10.1. The van der Waals surface area contributed by atoms with E-state index in [1.165, 1.54) is 12.5 Å². The normalized spacial score (nSPS) is 11.8. The van der Waals surface area contributed by atoms with Gasteiger partial charge in [0, 0.05) is 7.05 Å². The first-order valence-electron chi connectivity index (χ1n) is 7.19. The molecule has 0 aliphatic carbocycles. The van der Waals surface area contributed by atoms with E-state index in [0.29, 0.717) is 5.71 Å². The van der Waals surface area contributed by atoms with E-state index >= 15 is 0 Å². The SMILES string of the molecule is CCCc1ccc(C#N)cc1.CN=C(C=C(C)C)C(C)F. The molecule has 1 atom stereocenters. The van der Waals surface area contributed by atoms with Gasteiger partial charge in [-0.05, 0) is 51.0 Å². The largest absolute Gasteiger partial charge is 0.290 e. The Morgan fingerprint density at radius 3 is 2.19 bits per heavy atom. The number of nitriles is 1. The van der Waals surface area contributed by atoms with Crippen LogP contribution in [0.25, 0.3) is 0 Å². The minimum Gasteiger partial charge on any atom is -0.290 e. The Morgan fingerprint density at radius 2 is 1.90 bits per heavy atom. The molecule has 0 saturated carbocycles. The van der Waals surface area contributed by atoms with Crippen molar-refractivity contribution in [1.29, 1.82) is 5.26 Å². The molecule has 0 bridgehead atoms. The molecule has 1 aromatic carbocycles. The van der Waals surface area contributed by atoms with Crippen LogP contribution >= 0.6 is 0 Å². The van der Waals surface area contributed by atoms with Crippen molar-refractivity contribution in [2.24, 2.45) is 4.99 Å². The van der Waals surface area contributed by atoms with E-state index in [9.17, 15) is 4.39 Å². The molecule has 2 nitrogen and oxygen atoms in total. The molecule has 0 spiro atoms. The Labute approximate surface area is 128 Å². The van der Waals surface area contributed by atoms with Gasteiger partial charge in [0.1, 0.15) is 6.17 Å². The van der Waals surface area contributed by atoms with E-state index in [2.05, 4.69) is 18.0 Å². The molecule has 0 amide bonds. The van der Waals surface area contributed by atoms with Crippen LogP contribution in [0.15, 0.2) is 40.9 Å². The van der Waals surface area contributed by atoms with Crippen LogP contribution in [0.4, 0.5) is 4.39 Å². The molecule has 0 aliphatic heterocycles. The highest BCUT2D eigenvalue weighted by Gasteiger charge is 2.02. The van der Waals surface area contributed by atoms with Crippen molar-refractivity contribution in [1.82, 2.24) is 0 Å². The maximum Gasteiger partial charge on any atom is 0.139 e. The highest BCUT2D eigenvalue weighted by Crippen LogP contribution is 2.05.